The lowest BCUT2D eigenvalue weighted by molar-refractivity contribution is -0.143. The van der Waals surface area contributed by atoms with Crippen molar-refractivity contribution in [3.05, 3.63) is 59.2 Å². The minimum absolute atomic E-state index is 0.280. The van der Waals surface area contributed by atoms with Gasteiger partial charge in [0, 0.05) is 5.56 Å². The monoisotopic (exact) mass is 422 g/mol. The number of carbonyl (C=O) groups is 1. The van der Waals surface area contributed by atoms with Crippen molar-refractivity contribution in [1.29, 1.82) is 0 Å². The van der Waals surface area contributed by atoms with Crippen molar-refractivity contribution in [2.45, 2.75) is 26.2 Å². The molecule has 0 radical (unpaired) electrons. The molecular formula is C19H17F6O2P. The first-order valence-corrected chi connectivity index (χ1v) is 9.21. The Morgan fingerprint density at radius 3 is 1.86 bits per heavy atom. The summed E-state index contributed by atoms with van der Waals surface area (Å²) >= 11 is 0. The van der Waals surface area contributed by atoms with Crippen molar-refractivity contribution in [2.24, 2.45) is 5.92 Å². The van der Waals surface area contributed by atoms with E-state index in [1.54, 1.807) is 0 Å². The number of alkyl halides is 6. The van der Waals surface area contributed by atoms with Crippen LogP contribution in [-0.2, 0) is 12.4 Å². The van der Waals surface area contributed by atoms with Gasteiger partial charge in [-0.2, -0.15) is 26.3 Å². The maximum absolute atomic E-state index is 13.2. The van der Waals surface area contributed by atoms with Crippen molar-refractivity contribution in [2.75, 3.05) is 6.61 Å². The fourth-order valence-corrected chi connectivity index (χ4v) is 3.35. The Morgan fingerprint density at radius 1 is 0.929 bits per heavy atom. The van der Waals surface area contributed by atoms with Gasteiger partial charge in [-0.05, 0) is 44.1 Å². The van der Waals surface area contributed by atoms with Crippen LogP contribution in [0.2, 0.25) is 0 Å². The second-order valence-corrected chi connectivity index (χ2v) is 7.69. The molecule has 1 atom stereocenters. The van der Waals surface area contributed by atoms with E-state index < -0.39 is 43.1 Å². The Morgan fingerprint density at radius 2 is 1.43 bits per heavy atom. The largest absolute Gasteiger partial charge is 0.493 e. The second-order valence-electron chi connectivity index (χ2n) is 6.41. The van der Waals surface area contributed by atoms with Crippen LogP contribution < -0.4 is 10.0 Å². The smallest absolute Gasteiger partial charge is 0.417 e. The first kappa shape index (κ1) is 22.2. The summed E-state index contributed by atoms with van der Waals surface area (Å²) in [4.78, 5) is 12.4. The van der Waals surface area contributed by atoms with Crippen LogP contribution in [0, 0.1) is 5.92 Å². The molecule has 0 heterocycles. The molecule has 2 aromatic carbocycles. The molecule has 2 rings (SSSR count). The fraction of sp³-hybridized carbons (Fsp3) is 0.316. The fourth-order valence-electron chi connectivity index (χ4n) is 2.36. The molecule has 0 aliphatic carbocycles. The zero-order valence-corrected chi connectivity index (χ0v) is 15.9. The molecule has 0 amide bonds. The average Bonchev–Trinajstić information content (AvgIpc) is 2.59. The molecule has 0 spiro atoms. The number of halogens is 6. The van der Waals surface area contributed by atoms with Crippen molar-refractivity contribution in [3.63, 3.8) is 0 Å². The molecule has 2 nitrogen and oxygen atoms in total. The minimum atomic E-state index is -5.08. The molecule has 9 heteroatoms. The van der Waals surface area contributed by atoms with Crippen molar-refractivity contribution in [3.8, 4) is 5.75 Å². The number of ether oxygens (including phenoxy) is 1. The van der Waals surface area contributed by atoms with Gasteiger partial charge in [0.25, 0.3) is 0 Å². The summed E-state index contributed by atoms with van der Waals surface area (Å²) < 4.78 is 84.6. The summed E-state index contributed by atoms with van der Waals surface area (Å²) in [6.45, 7) is 4.35. The number of hydrogen-bond acceptors (Lipinski definition) is 2. The Kier molecular flexibility index (Phi) is 6.75. The highest BCUT2D eigenvalue weighted by atomic mass is 31.1. The molecule has 2 aromatic rings. The Bertz CT molecular complexity index is 794. The second kappa shape index (κ2) is 8.52. The van der Waals surface area contributed by atoms with E-state index in [1.807, 2.05) is 13.8 Å². The van der Waals surface area contributed by atoms with Gasteiger partial charge in [-0.15, -0.1) is 0 Å². The van der Waals surface area contributed by atoms with Crippen LogP contribution in [0.4, 0.5) is 26.3 Å². The molecule has 28 heavy (non-hydrogen) atoms. The highest BCUT2D eigenvalue weighted by Crippen LogP contribution is 2.41. The number of carbonyl (C=O) groups excluding carboxylic acids is 1. The molecular weight excluding hydrogens is 405 g/mol. The van der Waals surface area contributed by atoms with Gasteiger partial charge in [0.1, 0.15) is 5.75 Å². The number of hydrogen-bond donors (Lipinski definition) is 0. The number of rotatable bonds is 6. The van der Waals surface area contributed by atoms with Gasteiger partial charge in [0.05, 0.1) is 17.7 Å². The van der Waals surface area contributed by atoms with E-state index in [2.05, 4.69) is 0 Å². The van der Waals surface area contributed by atoms with E-state index >= 15 is 0 Å². The van der Waals surface area contributed by atoms with Crippen molar-refractivity contribution >= 4 is 19.4 Å². The van der Waals surface area contributed by atoms with Gasteiger partial charge >= 0.3 is 12.4 Å². The molecule has 152 valence electrons. The van der Waals surface area contributed by atoms with Crippen LogP contribution in [0.5, 0.6) is 5.75 Å². The third-order valence-corrected chi connectivity index (χ3v) is 4.70. The Balaban J connectivity index is 2.33. The summed E-state index contributed by atoms with van der Waals surface area (Å²) in [6.07, 6.45) is -10.2. The predicted octanol–water partition coefficient (Wildman–Crippen LogP) is 5.90. The van der Waals surface area contributed by atoms with Crippen LogP contribution >= 0.6 is 8.58 Å². The minimum Gasteiger partial charge on any atom is -0.493 e. The SMILES string of the molecule is CC(C)COc1ccc(PC(=O)c2c(C(F)(F)F)cccc2C(F)(F)F)cc1. The zero-order chi connectivity index (χ0) is 21.1. The van der Waals surface area contributed by atoms with Gasteiger partial charge in [-0.3, -0.25) is 4.79 Å². The predicted molar refractivity (Wildman–Crippen MR) is 95.5 cm³/mol. The average molecular weight is 422 g/mol. The molecule has 0 aliphatic heterocycles. The van der Waals surface area contributed by atoms with E-state index in [4.69, 9.17) is 4.74 Å². The van der Waals surface area contributed by atoms with Gasteiger partial charge in [0.15, 0.2) is 5.52 Å². The van der Waals surface area contributed by atoms with Gasteiger partial charge < -0.3 is 4.74 Å². The summed E-state index contributed by atoms with van der Waals surface area (Å²) in [5.74, 6) is 0.782. The summed E-state index contributed by atoms with van der Waals surface area (Å²) in [5.41, 5.74) is -5.74. The maximum atomic E-state index is 13.2. The van der Waals surface area contributed by atoms with Gasteiger partial charge in [-0.25, -0.2) is 0 Å². The van der Waals surface area contributed by atoms with Crippen LogP contribution in [0.25, 0.3) is 0 Å². The normalized spacial score (nSPS) is 12.8. The molecule has 0 bridgehead atoms. The molecule has 0 aromatic heterocycles. The van der Waals surface area contributed by atoms with E-state index in [0.717, 1.165) is 0 Å². The highest BCUT2D eigenvalue weighted by molar-refractivity contribution is 7.66. The molecule has 0 N–H and O–H groups in total. The molecule has 1 unspecified atom stereocenters. The first-order chi connectivity index (χ1) is 12.9. The van der Waals surface area contributed by atoms with Gasteiger partial charge in [-0.1, -0.05) is 32.0 Å². The summed E-state index contributed by atoms with van der Waals surface area (Å²) in [7, 11) is -0.894. The van der Waals surface area contributed by atoms with E-state index in [1.165, 1.54) is 24.3 Å². The maximum Gasteiger partial charge on any atom is 0.417 e. The Labute approximate surface area is 159 Å². The van der Waals surface area contributed by atoms with E-state index in [0.29, 0.717) is 35.9 Å². The molecule has 0 saturated heterocycles. The zero-order valence-electron chi connectivity index (χ0n) is 14.9. The Hall–Kier alpha value is -2.08. The van der Waals surface area contributed by atoms with Crippen molar-refractivity contribution < 1.29 is 35.9 Å². The third-order valence-electron chi connectivity index (χ3n) is 3.60. The first-order valence-electron chi connectivity index (χ1n) is 8.21. The summed E-state index contributed by atoms with van der Waals surface area (Å²) in [5, 5.41) is 0.312. The van der Waals surface area contributed by atoms with Crippen LogP contribution in [0.3, 0.4) is 0 Å². The quantitative estimate of drug-likeness (QED) is 0.428. The van der Waals surface area contributed by atoms with Crippen LogP contribution in [0.1, 0.15) is 35.3 Å². The van der Waals surface area contributed by atoms with Crippen LogP contribution in [-0.4, -0.2) is 12.1 Å². The van der Waals surface area contributed by atoms with E-state index in [-0.39, 0.29) is 5.92 Å². The third kappa shape index (κ3) is 5.71. The van der Waals surface area contributed by atoms with E-state index in [9.17, 15) is 31.1 Å². The molecule has 0 aliphatic rings. The topological polar surface area (TPSA) is 26.3 Å². The van der Waals surface area contributed by atoms with Gasteiger partial charge in [0.2, 0.25) is 0 Å². The van der Waals surface area contributed by atoms with Crippen LogP contribution in [0.15, 0.2) is 42.5 Å². The number of benzene rings is 2. The lowest BCUT2D eigenvalue weighted by atomic mass is 10.0. The lowest BCUT2D eigenvalue weighted by Gasteiger charge is -2.18. The molecule has 0 saturated carbocycles. The highest BCUT2D eigenvalue weighted by Gasteiger charge is 2.42. The lowest BCUT2D eigenvalue weighted by Crippen LogP contribution is -2.19. The summed E-state index contributed by atoms with van der Waals surface area (Å²) in [6, 6.07) is 7.57. The van der Waals surface area contributed by atoms with Crippen molar-refractivity contribution in [1.82, 2.24) is 0 Å². The molecule has 0 fully saturated rings. The standard InChI is InChI=1S/C19H17F6O2P/c1-11(2)10-27-12-6-8-13(9-7-12)28-17(26)16-14(18(20,21)22)4-3-5-15(16)19(23,24)25/h3-9,11,28H,10H2,1-2H3.